The van der Waals surface area contributed by atoms with Crippen LogP contribution in [0.4, 0.5) is 0 Å². The topological polar surface area (TPSA) is 45.3 Å². The van der Waals surface area contributed by atoms with E-state index >= 15 is 0 Å². The zero-order chi connectivity index (χ0) is 5.11. The Balaban J connectivity index is -0.0000000204. The molecule has 0 amide bonds. The van der Waals surface area contributed by atoms with E-state index in [0.29, 0.717) is 0 Å². The molecule has 2 N–H and O–H groups in total. The molecule has 0 spiro atoms. The van der Waals surface area contributed by atoms with Crippen molar-refractivity contribution in [3.8, 4) is 0 Å². The van der Waals surface area contributed by atoms with E-state index in [4.69, 9.17) is 0 Å². The van der Waals surface area contributed by atoms with E-state index in [9.17, 15) is 0 Å². The summed E-state index contributed by atoms with van der Waals surface area (Å²) in [6, 6.07) is 0. The van der Waals surface area contributed by atoms with Gasteiger partial charge in [-0.25, -0.2) is 0 Å². The van der Waals surface area contributed by atoms with Gasteiger partial charge in [-0.2, -0.15) is 0 Å². The standard InChI is InChI=1S/C5H12N2.Ca.2ClH.K.H2O.Zn/c1-7-4-2-6-3-5-7;;;;;;/h6H,2-5H2,1H3;;2*1H;;1H2;/q;+2;;;+1;;+2/p-3. The summed E-state index contributed by atoms with van der Waals surface area (Å²) in [4.78, 5) is 2.33. The Hall–Kier alpha value is 3.98. The van der Waals surface area contributed by atoms with Gasteiger partial charge in [0.2, 0.25) is 0 Å². The Morgan fingerprint density at radius 3 is 1.54 bits per heavy atom. The molecule has 0 saturated carbocycles. The van der Waals surface area contributed by atoms with E-state index in [2.05, 4.69) is 17.3 Å². The van der Waals surface area contributed by atoms with Crippen molar-refractivity contribution in [1.82, 2.24) is 10.2 Å². The number of nitrogens with zero attached hydrogens (tertiary/aromatic N) is 1. The molecular weight excluding hydrogens is 320 g/mol. The molecule has 66 valence electrons. The molecule has 1 rings (SSSR count). The van der Waals surface area contributed by atoms with Crippen molar-refractivity contribution in [2.24, 2.45) is 0 Å². The third kappa shape index (κ3) is 21.8. The van der Waals surface area contributed by atoms with Crippen LogP contribution in [0.25, 0.3) is 0 Å². The second-order valence-electron chi connectivity index (χ2n) is 2.05. The summed E-state index contributed by atoms with van der Waals surface area (Å²) < 4.78 is 0. The van der Waals surface area contributed by atoms with Gasteiger partial charge in [-0.1, -0.05) is 0 Å². The zero-order valence-electron chi connectivity index (χ0n) is 8.39. The third-order valence-corrected chi connectivity index (χ3v) is 1.34. The second kappa shape index (κ2) is 25.0. The molecule has 1 heterocycles. The summed E-state index contributed by atoms with van der Waals surface area (Å²) in [5.41, 5.74) is 0. The summed E-state index contributed by atoms with van der Waals surface area (Å²) in [6.07, 6.45) is 0. The molecule has 3 nitrogen and oxygen atoms in total. The first-order chi connectivity index (χ1) is 3.39. The van der Waals surface area contributed by atoms with Crippen LogP contribution in [0, 0.1) is 0 Å². The van der Waals surface area contributed by atoms with Crippen LogP contribution < -0.4 is 81.5 Å². The molecular formula is C5H13CaCl2KN2OZn+2. The van der Waals surface area contributed by atoms with Crippen molar-refractivity contribution in [2.45, 2.75) is 0 Å². The fourth-order valence-electron chi connectivity index (χ4n) is 0.777. The predicted molar refractivity (Wildman–Crippen MR) is 38.1 cm³/mol. The smallest absolute Gasteiger partial charge is 1.00 e. The van der Waals surface area contributed by atoms with Crippen LogP contribution >= 0.6 is 0 Å². The number of hydrogen-bond acceptors (Lipinski definition) is 3. The van der Waals surface area contributed by atoms with Gasteiger partial charge >= 0.3 is 109 Å². The van der Waals surface area contributed by atoms with Crippen LogP contribution in [0.2, 0.25) is 0 Å². The average molecular weight is 333 g/mol. The number of rotatable bonds is 0. The summed E-state index contributed by atoms with van der Waals surface area (Å²) in [7, 11) is 2.15. The van der Waals surface area contributed by atoms with Crippen LogP contribution in [0.15, 0.2) is 0 Å². The average Bonchev–Trinajstić information content (AvgIpc) is 1.69. The van der Waals surface area contributed by atoms with E-state index in [-0.39, 0.29) is 139 Å². The Labute approximate surface area is 178 Å². The van der Waals surface area contributed by atoms with E-state index in [0.717, 1.165) is 13.1 Å². The first-order valence-electron chi connectivity index (χ1n) is 2.79. The predicted octanol–water partition coefficient (Wildman–Crippen LogP) is -10.0. The molecule has 1 aliphatic heterocycles. The Morgan fingerprint density at radius 1 is 1.08 bits per heavy atom. The number of likely N-dealkylation sites (N-methyl/N-ethyl adjacent to an activating group) is 1. The van der Waals surface area contributed by atoms with E-state index in [1.165, 1.54) is 13.1 Å². The summed E-state index contributed by atoms with van der Waals surface area (Å²) >= 11 is 0. The fourth-order valence-corrected chi connectivity index (χ4v) is 0.777. The minimum atomic E-state index is 0. The van der Waals surface area contributed by atoms with Gasteiger partial charge < -0.3 is 40.5 Å². The molecule has 0 aliphatic carbocycles. The molecule has 0 atom stereocenters. The van der Waals surface area contributed by atoms with Crippen molar-refractivity contribution in [2.75, 3.05) is 33.2 Å². The molecule has 0 aromatic heterocycles. The van der Waals surface area contributed by atoms with Crippen LogP contribution in [-0.2, 0) is 19.5 Å². The normalized spacial score (nSPS) is 13.6. The fraction of sp³-hybridized carbons (Fsp3) is 1.00. The van der Waals surface area contributed by atoms with Crippen LogP contribution in [0.3, 0.4) is 0 Å². The van der Waals surface area contributed by atoms with Gasteiger partial charge in [0, 0.05) is 26.2 Å². The van der Waals surface area contributed by atoms with Crippen molar-refractivity contribution in [1.29, 1.82) is 0 Å². The molecule has 8 heteroatoms. The van der Waals surface area contributed by atoms with Gasteiger partial charge in [0.25, 0.3) is 0 Å². The maximum Gasteiger partial charge on any atom is 2.00 e. The Kier molecular flexibility index (Phi) is 69.1. The molecule has 0 aromatic carbocycles. The minimum absolute atomic E-state index is 0. The van der Waals surface area contributed by atoms with Gasteiger partial charge in [0.15, 0.2) is 0 Å². The monoisotopic (exact) mass is 330 g/mol. The minimum Gasteiger partial charge on any atom is -1.00 e. The van der Waals surface area contributed by atoms with E-state index < -0.39 is 0 Å². The zero-order valence-corrected chi connectivity index (χ0v) is 18.2. The number of halogens is 2. The maximum absolute atomic E-state index is 3.27. The van der Waals surface area contributed by atoms with Crippen molar-refractivity contribution < 1.29 is 101 Å². The third-order valence-electron chi connectivity index (χ3n) is 1.34. The molecule has 1 fully saturated rings. The first kappa shape index (κ1) is 36.0. The van der Waals surface area contributed by atoms with Crippen LogP contribution in [0.1, 0.15) is 0 Å². The number of piperazine rings is 1. The number of hydrogen-bond donors (Lipinski definition) is 1. The van der Waals surface area contributed by atoms with Crippen molar-refractivity contribution in [3.63, 3.8) is 0 Å². The first-order valence-corrected chi connectivity index (χ1v) is 2.79. The van der Waals surface area contributed by atoms with E-state index in [1.54, 1.807) is 0 Å². The summed E-state index contributed by atoms with van der Waals surface area (Å²) in [5.74, 6) is 0. The van der Waals surface area contributed by atoms with E-state index in [1.807, 2.05) is 0 Å². The quantitative estimate of drug-likeness (QED) is 0.448. The van der Waals surface area contributed by atoms with Crippen molar-refractivity contribution in [3.05, 3.63) is 0 Å². The van der Waals surface area contributed by atoms with Crippen LogP contribution in [-0.4, -0.2) is 81.3 Å². The summed E-state index contributed by atoms with van der Waals surface area (Å²) in [6.45, 7) is 4.74. The van der Waals surface area contributed by atoms with Crippen LogP contribution in [0.5, 0.6) is 0 Å². The Morgan fingerprint density at radius 2 is 1.38 bits per heavy atom. The van der Waals surface area contributed by atoms with Gasteiger partial charge in [-0.05, 0) is 7.05 Å². The summed E-state index contributed by atoms with van der Waals surface area (Å²) in [5, 5.41) is 3.27. The second-order valence-corrected chi connectivity index (χ2v) is 2.05. The van der Waals surface area contributed by atoms with Gasteiger partial charge in [-0.3, -0.25) is 0 Å². The molecule has 0 bridgehead atoms. The molecule has 0 aromatic rings. The molecule has 0 unspecified atom stereocenters. The van der Waals surface area contributed by atoms with Gasteiger partial charge in [0.05, 0.1) is 0 Å². The molecule has 0 radical (unpaired) electrons. The molecule has 1 aliphatic rings. The Bertz CT molecular complexity index is 74.5. The largest absolute Gasteiger partial charge is 2.00 e. The van der Waals surface area contributed by atoms with Gasteiger partial charge in [0.1, 0.15) is 0 Å². The number of nitrogens with one attached hydrogen (secondary N) is 1. The SMILES string of the molecule is CN1CCNCC1.[Ca+2].[Cl-].[Cl-].[K+].[OH-].[Zn+2]. The van der Waals surface area contributed by atoms with Gasteiger partial charge in [-0.15, -0.1) is 0 Å². The van der Waals surface area contributed by atoms with Crippen molar-refractivity contribution >= 4 is 37.7 Å². The molecule has 13 heavy (non-hydrogen) atoms. The molecule has 1 saturated heterocycles. The maximum atomic E-state index is 3.27.